The molecule has 0 bridgehead atoms. The molecule has 38 heteroatoms. The summed E-state index contributed by atoms with van der Waals surface area (Å²) in [6.07, 6.45) is -78.9. The number of rotatable bonds is 0. The fourth-order valence-corrected chi connectivity index (χ4v) is 0.928. The number of hydrogen-bond acceptors (Lipinski definition) is 7. The van der Waals surface area contributed by atoms with Crippen LogP contribution < -0.4 is 27.6 Å². The maximum Gasteiger partial charge on any atom is 3.00 e. The first-order chi connectivity index (χ1) is 20.8. The Hall–Kier alpha value is -1.28. The van der Waals surface area contributed by atoms with Crippen molar-refractivity contribution in [1.82, 2.24) is 12.3 Å². The number of aliphatic hydroxyl groups is 2. The average Bonchev–Trinajstić information content (AvgIpc) is 2.77. The number of alkyl halides is 30. The van der Waals surface area contributed by atoms with Crippen LogP contribution in [0.15, 0.2) is 0 Å². The van der Waals surface area contributed by atoms with Crippen molar-refractivity contribution in [2.24, 2.45) is 0 Å². The van der Waals surface area contributed by atoms with Gasteiger partial charge in [0, 0.05) is 0 Å². The van der Waals surface area contributed by atoms with Crippen LogP contribution in [0, 0.1) is 0 Å². The van der Waals surface area contributed by atoms with E-state index in [-0.39, 0.29) is 45.0 Å². The van der Waals surface area contributed by atoms with E-state index in [0.717, 1.165) is 0 Å². The van der Waals surface area contributed by atoms with Crippen molar-refractivity contribution in [1.29, 1.82) is 0 Å². The van der Waals surface area contributed by atoms with Gasteiger partial charge < -0.3 is 37.8 Å². The minimum absolute atomic E-state index is 0. The Morgan fingerprint density at radius 2 is 0.321 bits per heavy atom. The van der Waals surface area contributed by atoms with Crippen LogP contribution in [0.2, 0.25) is 0 Å². The van der Waals surface area contributed by atoms with Gasteiger partial charge in [-0.25, -0.2) is 0 Å². The predicted molar refractivity (Wildman–Crippen MR) is 94.0 cm³/mol. The summed E-state index contributed by atoms with van der Waals surface area (Å²) in [5, 5.41) is 42.9. The van der Waals surface area contributed by atoms with Gasteiger partial charge in [0.05, 0.1) is 18.3 Å². The molecule has 0 aliphatic carbocycles. The van der Waals surface area contributed by atoms with E-state index in [0.29, 0.717) is 0 Å². The van der Waals surface area contributed by atoms with E-state index in [1.54, 1.807) is 0 Å². The average molecular weight is 960 g/mol. The molecule has 0 rings (SSSR count). The summed E-state index contributed by atoms with van der Waals surface area (Å²) in [6.45, 7) is 0. The van der Waals surface area contributed by atoms with Crippen molar-refractivity contribution in [3.8, 4) is 0 Å². The van der Waals surface area contributed by atoms with Crippen molar-refractivity contribution < 1.29 is 190 Å². The van der Waals surface area contributed by atoms with E-state index in [1.165, 1.54) is 0 Å². The van der Waals surface area contributed by atoms with Crippen molar-refractivity contribution in [3.05, 3.63) is 0 Å². The Labute approximate surface area is 294 Å². The molecule has 0 aromatic rings. The van der Waals surface area contributed by atoms with Crippen molar-refractivity contribution in [3.63, 3.8) is 0 Å². The minimum atomic E-state index is -5.74. The maximum atomic E-state index is 11.0. The monoisotopic (exact) mass is 960 g/mol. The molecule has 0 aliphatic heterocycles. The van der Waals surface area contributed by atoms with Crippen LogP contribution in [0.3, 0.4) is 0 Å². The molecule has 0 atom stereocenters. The molecule has 0 amide bonds. The number of aliphatic hydroxyl groups excluding tert-OH is 2. The zero-order valence-electron chi connectivity index (χ0n) is 23.3. The summed E-state index contributed by atoms with van der Waals surface area (Å²) in [5.41, 5.74) is 0. The summed E-state index contributed by atoms with van der Waals surface area (Å²) in [5.74, 6) is 0. The van der Waals surface area contributed by atoms with Gasteiger partial charge >= 0.3 is 94.5 Å². The topological polar surface area (TPSA) is 180 Å². The van der Waals surface area contributed by atoms with Crippen LogP contribution in [-0.2, 0) is 32.7 Å². The second kappa shape index (κ2) is 23.1. The number of halogens is 30. The van der Waals surface area contributed by atoms with E-state index in [1.807, 2.05) is 0 Å². The molecule has 0 aromatic heterocycles. The first-order valence-corrected chi connectivity index (χ1v) is 9.78. The third-order valence-corrected chi connectivity index (χ3v) is 3.02. The first-order valence-electron chi connectivity index (χ1n) is 9.78. The summed E-state index contributed by atoms with van der Waals surface area (Å²) in [6, 6.07) is 0. The summed E-state index contributed by atoms with van der Waals surface area (Å²) < 4.78 is 328. The minimum Gasteiger partial charge on any atom is -0.839 e. The quantitative estimate of drug-likeness (QED) is 0.222. The van der Waals surface area contributed by atoms with Crippen LogP contribution in [-0.4, -0.2) is 102 Å². The Bertz CT molecular complexity index is 679. The normalized spacial score (nSPS) is 13.6. The van der Waals surface area contributed by atoms with Gasteiger partial charge in [-0.05, 0) is 0 Å². The zero-order chi connectivity index (χ0) is 42.9. The van der Waals surface area contributed by atoms with Gasteiger partial charge in [-0.2, -0.15) is 132 Å². The van der Waals surface area contributed by atoms with Gasteiger partial charge in [-0.1, -0.05) is 0 Å². The smallest absolute Gasteiger partial charge is 0.839 e. The van der Waals surface area contributed by atoms with Gasteiger partial charge in [0.1, 0.15) is 0 Å². The molecule has 0 unspecified atom stereocenters. The van der Waals surface area contributed by atoms with Crippen molar-refractivity contribution in [2.75, 3.05) is 0 Å². The molecule has 0 heterocycles. The van der Waals surface area contributed by atoms with Gasteiger partial charge in [0.25, 0.3) is 0 Å². The molecule has 0 fully saturated rings. The Balaban J connectivity index is -0.0000000785. The third kappa shape index (κ3) is 34.9. The summed E-state index contributed by atoms with van der Waals surface area (Å²) in [4.78, 5) is 0. The fourth-order valence-electron chi connectivity index (χ4n) is 0.928. The van der Waals surface area contributed by atoms with Crippen LogP contribution in [0.25, 0.3) is 0 Å². The zero-order valence-corrected chi connectivity index (χ0v) is 26.2. The maximum absolute atomic E-state index is 11.0. The SMILES string of the molecule is N.N.OC(C(F)(F)F)C(F)(F)F.OC(C(F)(F)F)C(F)(F)F.[O-]C(C(F)(F)F)C(F)(F)F.[O-]C(C(F)(F)F)C(F)(F)F.[O-]C(C(F)(F)F)C(F)(F)F.[Y+3]. The van der Waals surface area contributed by atoms with Crippen LogP contribution >= 0.6 is 0 Å². The Kier molecular flexibility index (Phi) is 30.3. The van der Waals surface area contributed by atoms with E-state index in [4.69, 9.17) is 10.2 Å². The van der Waals surface area contributed by atoms with Gasteiger partial charge in [-0.3, -0.25) is 0 Å². The molecule has 326 valence electrons. The fraction of sp³-hybridized carbons (Fsp3) is 1.00. The van der Waals surface area contributed by atoms with Crippen LogP contribution in [0.1, 0.15) is 0 Å². The molecule has 0 saturated heterocycles. The first kappa shape index (κ1) is 69.6. The van der Waals surface area contributed by atoms with Gasteiger partial charge in [0.15, 0.2) is 0 Å². The number of hydrogen-bond donors (Lipinski definition) is 4. The predicted octanol–water partition coefficient (Wildman–Crippen LogP) is 5.79. The Morgan fingerprint density at radius 3 is 0.321 bits per heavy atom. The molecule has 0 saturated carbocycles. The summed E-state index contributed by atoms with van der Waals surface area (Å²) in [7, 11) is 0. The second-order valence-corrected chi connectivity index (χ2v) is 7.36. The molecular weight excluding hydrogens is 947 g/mol. The largest absolute Gasteiger partial charge is 3.00 e. The molecule has 0 spiro atoms. The molecular formula is C15H13F30N2O5Y. The van der Waals surface area contributed by atoms with Gasteiger partial charge in [-0.15, -0.1) is 0 Å². The van der Waals surface area contributed by atoms with Crippen LogP contribution in [0.5, 0.6) is 0 Å². The van der Waals surface area contributed by atoms with Crippen LogP contribution in [0.4, 0.5) is 132 Å². The molecule has 0 aliphatic rings. The summed E-state index contributed by atoms with van der Waals surface area (Å²) >= 11 is 0. The van der Waals surface area contributed by atoms with Gasteiger partial charge in [0.2, 0.25) is 12.2 Å². The third-order valence-electron chi connectivity index (χ3n) is 3.02. The van der Waals surface area contributed by atoms with E-state index < -0.39 is 92.3 Å². The van der Waals surface area contributed by atoms with E-state index in [2.05, 4.69) is 0 Å². The van der Waals surface area contributed by atoms with E-state index in [9.17, 15) is 147 Å². The molecule has 0 aromatic carbocycles. The molecule has 53 heavy (non-hydrogen) atoms. The van der Waals surface area contributed by atoms with Crippen molar-refractivity contribution in [2.45, 2.75) is 92.3 Å². The van der Waals surface area contributed by atoms with E-state index >= 15 is 0 Å². The molecule has 0 radical (unpaired) electrons. The molecule has 7 nitrogen and oxygen atoms in total. The Morgan fingerprint density at radius 1 is 0.245 bits per heavy atom. The standard InChI is InChI=1S/2C3H2F6O.3C3HF6O.2H3N.Y/c5*4-2(5,6)1(10)3(7,8)9;;;/h2*1,10H;3*1H;2*1H3;/q;;3*-1;;;+3. The second-order valence-electron chi connectivity index (χ2n) is 7.36. The van der Waals surface area contributed by atoms with Crippen molar-refractivity contribution >= 4 is 0 Å². The molecule has 8 N–H and O–H groups in total.